The van der Waals surface area contributed by atoms with Gasteiger partial charge in [-0.15, -0.1) is 35.3 Å². The van der Waals surface area contributed by atoms with E-state index in [9.17, 15) is 0 Å². The van der Waals surface area contributed by atoms with E-state index >= 15 is 0 Å². The van der Waals surface area contributed by atoms with Crippen LogP contribution in [-0.4, -0.2) is 43.6 Å². The first kappa shape index (κ1) is 20.6. The van der Waals surface area contributed by atoms with E-state index in [4.69, 9.17) is 0 Å². The van der Waals surface area contributed by atoms with Crippen LogP contribution in [0.15, 0.2) is 29.5 Å². The highest BCUT2D eigenvalue weighted by Crippen LogP contribution is 2.13. The van der Waals surface area contributed by atoms with Gasteiger partial charge in [0.1, 0.15) is 5.82 Å². The molecule has 2 aromatic rings. The van der Waals surface area contributed by atoms with Gasteiger partial charge in [-0.25, -0.2) is 9.97 Å². The van der Waals surface area contributed by atoms with Crippen LogP contribution in [0.3, 0.4) is 0 Å². The van der Waals surface area contributed by atoms with Gasteiger partial charge in [-0.05, 0) is 13.0 Å². The van der Waals surface area contributed by atoms with E-state index in [-0.39, 0.29) is 24.0 Å². The molecule has 2 rings (SSSR count). The first-order valence-corrected chi connectivity index (χ1v) is 8.39. The molecule has 0 saturated heterocycles. The van der Waals surface area contributed by atoms with E-state index in [2.05, 4.69) is 38.6 Å². The summed E-state index contributed by atoms with van der Waals surface area (Å²) in [5.41, 5.74) is 1.14. The number of pyridine rings is 1. The molecular weight excluding hydrogens is 435 g/mol. The normalized spacial score (nSPS) is 10.9. The zero-order valence-corrected chi connectivity index (χ0v) is 17.7. The second-order valence-electron chi connectivity index (χ2n) is 5.35. The summed E-state index contributed by atoms with van der Waals surface area (Å²) in [6.45, 7) is 3.56. The van der Waals surface area contributed by atoms with Crippen LogP contribution in [0.25, 0.3) is 0 Å². The Morgan fingerprint density at radius 2 is 2.08 bits per heavy atom. The number of aromatic nitrogens is 2. The number of rotatable bonds is 6. The molecule has 8 heteroatoms. The molecule has 0 saturated carbocycles. The minimum Gasteiger partial charge on any atom is -0.362 e. The van der Waals surface area contributed by atoms with E-state index in [1.54, 1.807) is 18.4 Å². The lowest BCUT2D eigenvalue weighted by molar-refractivity contribution is 0.788. The number of guanidine groups is 1. The number of nitrogens with one attached hydrogen (secondary N) is 2. The molecule has 24 heavy (non-hydrogen) atoms. The highest BCUT2D eigenvalue weighted by molar-refractivity contribution is 14.0. The number of aliphatic imine (C=N–C) groups is 1. The lowest BCUT2D eigenvalue weighted by Gasteiger charge is -2.17. The Morgan fingerprint density at radius 1 is 1.29 bits per heavy atom. The number of halogens is 1. The second-order valence-corrected chi connectivity index (χ2v) is 6.67. The van der Waals surface area contributed by atoms with Crippen molar-refractivity contribution in [1.29, 1.82) is 0 Å². The molecule has 0 spiro atoms. The van der Waals surface area contributed by atoms with Gasteiger partial charge in [0.25, 0.3) is 0 Å². The van der Waals surface area contributed by atoms with Crippen molar-refractivity contribution in [3.63, 3.8) is 0 Å². The number of thiazole rings is 1. The van der Waals surface area contributed by atoms with Crippen molar-refractivity contribution in [3.05, 3.63) is 40.0 Å². The highest BCUT2D eigenvalue weighted by Gasteiger charge is 2.06. The molecule has 0 aliphatic carbocycles. The Labute approximate surface area is 164 Å². The Kier molecular flexibility index (Phi) is 8.98. The molecular formula is C16H25IN6S. The molecule has 132 valence electrons. The molecule has 2 heterocycles. The standard InChI is InChI=1S/C16H24N6S.HI/c1-12-10-20-14(23-12)7-9-19-16(17-2)21-11-13-6-5-8-18-15(13)22(3)4;/h5-6,8,10H,7,9,11H2,1-4H3,(H2,17,19,21);1H. The molecule has 6 nitrogen and oxygen atoms in total. The summed E-state index contributed by atoms with van der Waals surface area (Å²) in [5.74, 6) is 1.75. The van der Waals surface area contributed by atoms with E-state index in [0.29, 0.717) is 6.54 Å². The minimum absolute atomic E-state index is 0. The lowest BCUT2D eigenvalue weighted by atomic mass is 10.2. The maximum absolute atomic E-state index is 4.40. The number of hydrogen-bond acceptors (Lipinski definition) is 5. The third-order valence-electron chi connectivity index (χ3n) is 3.26. The summed E-state index contributed by atoms with van der Waals surface area (Å²) >= 11 is 1.74. The first-order valence-electron chi connectivity index (χ1n) is 7.57. The predicted octanol–water partition coefficient (Wildman–Crippen LogP) is 2.44. The maximum atomic E-state index is 4.40. The molecule has 0 fully saturated rings. The maximum Gasteiger partial charge on any atom is 0.191 e. The summed E-state index contributed by atoms with van der Waals surface area (Å²) in [5, 5.41) is 7.79. The van der Waals surface area contributed by atoms with Crippen molar-refractivity contribution in [3.8, 4) is 0 Å². The molecule has 2 N–H and O–H groups in total. The minimum atomic E-state index is 0. The van der Waals surface area contributed by atoms with Crippen LogP contribution in [0.5, 0.6) is 0 Å². The van der Waals surface area contributed by atoms with E-state index in [1.165, 1.54) is 4.88 Å². The number of anilines is 1. The van der Waals surface area contributed by atoms with Gasteiger partial charge in [-0.1, -0.05) is 6.07 Å². The van der Waals surface area contributed by atoms with Crippen molar-refractivity contribution in [2.45, 2.75) is 19.9 Å². The average molecular weight is 460 g/mol. The zero-order chi connectivity index (χ0) is 16.7. The quantitative estimate of drug-likeness (QED) is 0.394. The third kappa shape index (κ3) is 6.23. The molecule has 0 bridgehead atoms. The summed E-state index contributed by atoms with van der Waals surface area (Å²) < 4.78 is 0. The van der Waals surface area contributed by atoms with Crippen molar-refractivity contribution in [2.24, 2.45) is 4.99 Å². The fraction of sp³-hybridized carbons (Fsp3) is 0.438. The first-order chi connectivity index (χ1) is 11.1. The van der Waals surface area contributed by atoms with Gasteiger partial charge in [0.15, 0.2) is 5.96 Å². The number of hydrogen-bond donors (Lipinski definition) is 2. The smallest absolute Gasteiger partial charge is 0.191 e. The number of aryl methyl sites for hydroxylation is 1. The van der Waals surface area contributed by atoms with Crippen molar-refractivity contribution < 1.29 is 0 Å². The monoisotopic (exact) mass is 460 g/mol. The van der Waals surface area contributed by atoms with Gasteiger partial charge in [0, 0.05) is 63.5 Å². The van der Waals surface area contributed by atoms with Crippen LogP contribution in [0, 0.1) is 6.92 Å². The lowest BCUT2D eigenvalue weighted by Crippen LogP contribution is -2.38. The van der Waals surface area contributed by atoms with Gasteiger partial charge in [0.2, 0.25) is 0 Å². The van der Waals surface area contributed by atoms with Crippen LogP contribution in [0.4, 0.5) is 5.82 Å². The fourth-order valence-corrected chi connectivity index (χ4v) is 2.96. The SMILES string of the molecule is CN=C(NCCc1ncc(C)s1)NCc1cccnc1N(C)C.I. The number of nitrogens with zero attached hydrogens (tertiary/aromatic N) is 4. The fourth-order valence-electron chi connectivity index (χ4n) is 2.18. The van der Waals surface area contributed by atoms with Crippen LogP contribution >= 0.6 is 35.3 Å². The summed E-state index contributed by atoms with van der Waals surface area (Å²) in [6.07, 6.45) is 4.62. The Hall–Kier alpha value is -1.42. The zero-order valence-electron chi connectivity index (χ0n) is 14.5. The molecule has 0 unspecified atom stereocenters. The predicted molar refractivity (Wildman–Crippen MR) is 113 cm³/mol. The highest BCUT2D eigenvalue weighted by atomic mass is 127. The van der Waals surface area contributed by atoms with Gasteiger partial charge in [-0.2, -0.15) is 0 Å². The van der Waals surface area contributed by atoms with Gasteiger partial charge < -0.3 is 15.5 Å². The summed E-state index contributed by atoms with van der Waals surface area (Å²) in [4.78, 5) is 16.3. The van der Waals surface area contributed by atoms with Crippen molar-refractivity contribution in [2.75, 3.05) is 32.6 Å². The molecule has 0 atom stereocenters. The second kappa shape index (κ2) is 10.4. The van der Waals surface area contributed by atoms with Gasteiger partial charge >= 0.3 is 0 Å². The van der Waals surface area contributed by atoms with Crippen molar-refractivity contribution >= 4 is 47.1 Å². The third-order valence-corrected chi connectivity index (χ3v) is 4.23. The van der Waals surface area contributed by atoms with Crippen LogP contribution < -0.4 is 15.5 Å². The molecule has 0 aliphatic heterocycles. The van der Waals surface area contributed by atoms with Crippen LogP contribution in [0.2, 0.25) is 0 Å². The molecule has 2 aromatic heterocycles. The summed E-state index contributed by atoms with van der Waals surface area (Å²) in [6, 6.07) is 4.02. The molecule has 0 aliphatic rings. The topological polar surface area (TPSA) is 65.4 Å². The Bertz CT molecular complexity index is 656. The molecule has 0 amide bonds. The Morgan fingerprint density at radius 3 is 2.71 bits per heavy atom. The van der Waals surface area contributed by atoms with Crippen LogP contribution in [-0.2, 0) is 13.0 Å². The summed E-state index contributed by atoms with van der Waals surface area (Å²) in [7, 11) is 5.77. The van der Waals surface area contributed by atoms with E-state index < -0.39 is 0 Å². The largest absolute Gasteiger partial charge is 0.362 e. The average Bonchev–Trinajstić information content (AvgIpc) is 2.96. The Balaban J connectivity index is 0.00000288. The van der Waals surface area contributed by atoms with Crippen molar-refractivity contribution in [1.82, 2.24) is 20.6 Å². The molecule has 0 radical (unpaired) electrons. The van der Waals surface area contributed by atoms with Gasteiger partial charge in [-0.3, -0.25) is 4.99 Å². The van der Waals surface area contributed by atoms with Gasteiger partial charge in [0.05, 0.1) is 5.01 Å². The van der Waals surface area contributed by atoms with E-state index in [1.807, 2.05) is 37.5 Å². The van der Waals surface area contributed by atoms with Crippen LogP contribution in [0.1, 0.15) is 15.4 Å². The molecule has 0 aromatic carbocycles. The van der Waals surface area contributed by atoms with E-state index in [0.717, 1.165) is 35.3 Å².